The van der Waals surface area contributed by atoms with Crippen LogP contribution in [0.15, 0.2) is 47.3 Å². The van der Waals surface area contributed by atoms with Crippen molar-refractivity contribution in [1.29, 1.82) is 0 Å². The first-order chi connectivity index (χ1) is 11.1. The lowest BCUT2D eigenvalue weighted by molar-refractivity contribution is 0.402. The van der Waals surface area contributed by atoms with Gasteiger partial charge in [-0.3, -0.25) is 9.78 Å². The monoisotopic (exact) mass is 313 g/mol. The summed E-state index contributed by atoms with van der Waals surface area (Å²) in [6, 6.07) is 11.2. The van der Waals surface area contributed by atoms with Crippen LogP contribution >= 0.6 is 0 Å². The van der Waals surface area contributed by atoms with E-state index < -0.39 is 6.04 Å². The zero-order valence-electron chi connectivity index (χ0n) is 12.8. The number of fused-ring (bicyclic) bond motifs is 1. The lowest BCUT2D eigenvalue weighted by atomic mass is 10.1. The molecule has 0 fully saturated rings. The maximum Gasteiger partial charge on any atom is 0.260 e. The van der Waals surface area contributed by atoms with Crippen molar-refractivity contribution in [3.8, 4) is 5.75 Å². The standard InChI is InChI=1S/C17H16FN3O2/c1-10(15-12(18)7-5-9-14(15)23-2)19-17-20-13-8-4-3-6-11(13)16(22)21-17/h3-10H,1-2H3,(H2,19,20,21,22)/t10-/m1/s1. The van der Waals surface area contributed by atoms with Gasteiger partial charge in [0.15, 0.2) is 0 Å². The van der Waals surface area contributed by atoms with E-state index in [2.05, 4.69) is 15.3 Å². The molecule has 0 saturated carbocycles. The van der Waals surface area contributed by atoms with Gasteiger partial charge in [0.05, 0.1) is 29.6 Å². The molecular formula is C17H16FN3O2. The molecule has 0 saturated heterocycles. The summed E-state index contributed by atoms with van der Waals surface area (Å²) in [7, 11) is 1.49. The van der Waals surface area contributed by atoms with Crippen LogP contribution in [0.3, 0.4) is 0 Å². The maximum absolute atomic E-state index is 14.1. The molecule has 23 heavy (non-hydrogen) atoms. The fourth-order valence-electron chi connectivity index (χ4n) is 2.55. The van der Waals surface area contributed by atoms with E-state index in [-0.39, 0.29) is 17.3 Å². The minimum absolute atomic E-state index is 0.245. The van der Waals surface area contributed by atoms with Crippen molar-refractivity contribution in [2.45, 2.75) is 13.0 Å². The Bertz CT molecular complexity index is 908. The summed E-state index contributed by atoms with van der Waals surface area (Å²) in [6.07, 6.45) is 0. The van der Waals surface area contributed by atoms with E-state index in [1.807, 2.05) is 6.07 Å². The number of nitrogens with zero attached hydrogens (tertiary/aromatic N) is 1. The predicted molar refractivity (Wildman–Crippen MR) is 87.4 cm³/mol. The number of halogens is 1. The third kappa shape index (κ3) is 2.88. The maximum atomic E-state index is 14.1. The summed E-state index contributed by atoms with van der Waals surface area (Å²) in [6.45, 7) is 1.77. The average Bonchev–Trinajstić information content (AvgIpc) is 2.54. The van der Waals surface area contributed by atoms with Crippen LogP contribution in [-0.2, 0) is 0 Å². The molecule has 0 radical (unpaired) electrons. The molecule has 1 aromatic heterocycles. The number of hydrogen-bond donors (Lipinski definition) is 2. The molecule has 0 aliphatic carbocycles. The molecule has 0 spiro atoms. The summed E-state index contributed by atoms with van der Waals surface area (Å²) in [5.74, 6) is 0.340. The third-order valence-corrected chi connectivity index (χ3v) is 3.63. The highest BCUT2D eigenvalue weighted by molar-refractivity contribution is 5.78. The summed E-state index contributed by atoms with van der Waals surface area (Å²) < 4.78 is 19.3. The molecule has 0 aliphatic rings. The largest absolute Gasteiger partial charge is 0.496 e. The van der Waals surface area contributed by atoms with E-state index >= 15 is 0 Å². The Labute approximate surface area is 132 Å². The molecule has 3 aromatic rings. The van der Waals surface area contributed by atoms with E-state index in [4.69, 9.17) is 4.74 Å². The lowest BCUT2D eigenvalue weighted by Gasteiger charge is -2.18. The van der Waals surface area contributed by atoms with Gasteiger partial charge in [0.25, 0.3) is 5.56 Å². The Morgan fingerprint density at radius 1 is 1.22 bits per heavy atom. The van der Waals surface area contributed by atoms with Gasteiger partial charge in [-0.1, -0.05) is 18.2 Å². The molecule has 2 N–H and O–H groups in total. The van der Waals surface area contributed by atoms with Gasteiger partial charge in [0, 0.05) is 0 Å². The second kappa shape index (κ2) is 6.08. The molecule has 5 nitrogen and oxygen atoms in total. The van der Waals surface area contributed by atoms with Gasteiger partial charge in [-0.15, -0.1) is 0 Å². The molecule has 0 unspecified atom stereocenters. The van der Waals surface area contributed by atoms with Crippen LogP contribution in [0, 0.1) is 5.82 Å². The highest BCUT2D eigenvalue weighted by Gasteiger charge is 2.17. The average molecular weight is 313 g/mol. The Morgan fingerprint density at radius 3 is 2.78 bits per heavy atom. The molecule has 2 aromatic carbocycles. The van der Waals surface area contributed by atoms with Crippen LogP contribution in [0.4, 0.5) is 10.3 Å². The number of ether oxygens (including phenoxy) is 1. The van der Waals surface area contributed by atoms with E-state index in [0.29, 0.717) is 22.2 Å². The van der Waals surface area contributed by atoms with E-state index in [9.17, 15) is 9.18 Å². The molecule has 0 aliphatic heterocycles. The first-order valence-corrected chi connectivity index (χ1v) is 7.18. The van der Waals surface area contributed by atoms with Crippen molar-refractivity contribution < 1.29 is 9.13 Å². The fraction of sp³-hybridized carbons (Fsp3) is 0.176. The summed E-state index contributed by atoms with van der Waals surface area (Å²) in [5.41, 5.74) is 0.711. The number of rotatable bonds is 4. The van der Waals surface area contributed by atoms with Crippen LogP contribution < -0.4 is 15.6 Å². The molecule has 1 atom stereocenters. The fourth-order valence-corrected chi connectivity index (χ4v) is 2.55. The van der Waals surface area contributed by atoms with Crippen LogP contribution in [0.5, 0.6) is 5.75 Å². The number of nitrogens with one attached hydrogen (secondary N) is 2. The molecule has 6 heteroatoms. The topological polar surface area (TPSA) is 67.0 Å². The van der Waals surface area contributed by atoms with Crippen LogP contribution in [0.25, 0.3) is 10.9 Å². The first kappa shape index (κ1) is 15.0. The zero-order chi connectivity index (χ0) is 16.4. The lowest BCUT2D eigenvalue weighted by Crippen LogP contribution is -2.16. The second-order valence-corrected chi connectivity index (χ2v) is 5.15. The van der Waals surface area contributed by atoms with Gasteiger partial charge in [0.1, 0.15) is 11.6 Å². The molecule has 118 valence electrons. The second-order valence-electron chi connectivity index (χ2n) is 5.15. The number of hydrogen-bond acceptors (Lipinski definition) is 4. The number of H-pyrrole nitrogens is 1. The van der Waals surface area contributed by atoms with Crippen molar-refractivity contribution in [3.05, 3.63) is 64.2 Å². The Hall–Kier alpha value is -2.89. The predicted octanol–water partition coefficient (Wildman–Crippen LogP) is 3.24. The number of para-hydroxylation sites is 1. The quantitative estimate of drug-likeness (QED) is 0.776. The van der Waals surface area contributed by atoms with Crippen LogP contribution in [-0.4, -0.2) is 17.1 Å². The molecular weight excluding hydrogens is 297 g/mol. The Morgan fingerprint density at radius 2 is 2.00 bits per heavy atom. The van der Waals surface area contributed by atoms with Crippen molar-refractivity contribution in [2.75, 3.05) is 12.4 Å². The van der Waals surface area contributed by atoms with E-state index in [1.165, 1.54) is 13.2 Å². The highest BCUT2D eigenvalue weighted by Crippen LogP contribution is 2.29. The van der Waals surface area contributed by atoms with Crippen molar-refractivity contribution in [3.63, 3.8) is 0 Å². The molecule has 0 amide bonds. The van der Waals surface area contributed by atoms with E-state index in [0.717, 1.165) is 0 Å². The van der Waals surface area contributed by atoms with Gasteiger partial charge < -0.3 is 10.1 Å². The number of aromatic nitrogens is 2. The summed E-state index contributed by atoms with van der Waals surface area (Å²) in [5, 5.41) is 3.53. The van der Waals surface area contributed by atoms with Gasteiger partial charge in [-0.05, 0) is 31.2 Å². The Balaban J connectivity index is 1.98. The summed E-state index contributed by atoms with van der Waals surface area (Å²) >= 11 is 0. The number of methoxy groups -OCH3 is 1. The minimum Gasteiger partial charge on any atom is -0.496 e. The Kier molecular flexibility index (Phi) is 3.97. The van der Waals surface area contributed by atoms with Gasteiger partial charge >= 0.3 is 0 Å². The number of benzene rings is 2. The molecule has 3 rings (SSSR count). The third-order valence-electron chi connectivity index (χ3n) is 3.63. The summed E-state index contributed by atoms with van der Waals surface area (Å²) in [4.78, 5) is 19.1. The van der Waals surface area contributed by atoms with Gasteiger partial charge in [0.2, 0.25) is 5.95 Å². The van der Waals surface area contributed by atoms with Crippen LogP contribution in [0.1, 0.15) is 18.5 Å². The normalized spacial score (nSPS) is 12.1. The smallest absolute Gasteiger partial charge is 0.260 e. The SMILES string of the molecule is COc1cccc(F)c1[C@@H](C)Nc1nc2ccccc2c(=O)[nH]1. The van der Waals surface area contributed by atoms with Crippen LogP contribution in [0.2, 0.25) is 0 Å². The van der Waals surface area contributed by atoms with Crippen molar-refractivity contribution in [1.82, 2.24) is 9.97 Å². The zero-order valence-corrected chi connectivity index (χ0v) is 12.8. The van der Waals surface area contributed by atoms with E-state index in [1.54, 1.807) is 37.3 Å². The molecule has 0 bridgehead atoms. The number of anilines is 1. The number of aromatic amines is 1. The highest BCUT2D eigenvalue weighted by atomic mass is 19.1. The molecule has 1 heterocycles. The van der Waals surface area contributed by atoms with Crippen molar-refractivity contribution >= 4 is 16.9 Å². The minimum atomic E-state index is -0.435. The van der Waals surface area contributed by atoms with Gasteiger partial charge in [-0.25, -0.2) is 9.37 Å². The van der Waals surface area contributed by atoms with Crippen molar-refractivity contribution in [2.24, 2.45) is 0 Å². The first-order valence-electron chi connectivity index (χ1n) is 7.18. The van der Waals surface area contributed by atoms with Gasteiger partial charge in [-0.2, -0.15) is 0 Å².